The summed E-state index contributed by atoms with van der Waals surface area (Å²) in [6, 6.07) is 23.2. The number of fused-ring (bicyclic) bond motifs is 1. The first-order valence-corrected chi connectivity index (χ1v) is 9.04. The summed E-state index contributed by atoms with van der Waals surface area (Å²) >= 11 is 4.93. The zero-order valence-electron chi connectivity index (χ0n) is 14.5. The molecule has 5 rings (SSSR count). The molecule has 6 nitrogen and oxygen atoms in total. The predicted molar refractivity (Wildman–Crippen MR) is 109 cm³/mol. The maximum absolute atomic E-state index is 5.84. The normalized spacial score (nSPS) is 11.0. The van der Waals surface area contributed by atoms with Crippen molar-refractivity contribution < 1.29 is 9.15 Å². The zero-order chi connectivity index (χ0) is 18.9. The number of nitrogens with zero attached hydrogens (tertiary/aromatic N) is 2. The van der Waals surface area contributed by atoms with Crippen LogP contribution in [0.1, 0.15) is 0 Å². The Morgan fingerprint density at radius 3 is 2.36 bits per heavy atom. The van der Waals surface area contributed by atoms with E-state index in [0.717, 1.165) is 39.5 Å². The van der Waals surface area contributed by atoms with E-state index in [2.05, 4.69) is 20.2 Å². The van der Waals surface area contributed by atoms with Gasteiger partial charge in [0.2, 0.25) is 5.89 Å². The van der Waals surface area contributed by atoms with Gasteiger partial charge in [-0.15, -0.1) is 5.10 Å². The summed E-state index contributed by atoms with van der Waals surface area (Å²) in [5.41, 5.74) is 3.54. The van der Waals surface area contributed by atoms with E-state index in [4.69, 9.17) is 21.4 Å². The van der Waals surface area contributed by atoms with Gasteiger partial charge in [-0.05, 0) is 66.8 Å². The van der Waals surface area contributed by atoms with Gasteiger partial charge in [0.15, 0.2) is 0 Å². The molecule has 2 N–H and O–H groups in total. The smallest absolute Gasteiger partial charge is 0.284 e. The molecule has 136 valence electrons. The molecule has 0 bridgehead atoms. The molecule has 0 atom stereocenters. The lowest BCUT2D eigenvalue weighted by Crippen LogP contribution is -1.84. The molecular formula is C21H14N4O2S. The molecule has 0 unspecified atom stereocenters. The van der Waals surface area contributed by atoms with Crippen molar-refractivity contribution in [3.63, 3.8) is 0 Å². The lowest BCUT2D eigenvalue weighted by molar-refractivity contribution is 0.483. The first-order chi connectivity index (χ1) is 13.7. The van der Waals surface area contributed by atoms with E-state index < -0.39 is 0 Å². The van der Waals surface area contributed by atoms with Gasteiger partial charge in [-0.25, -0.2) is 10.1 Å². The number of rotatable bonds is 4. The number of hydrogen-bond donors (Lipinski definition) is 2. The van der Waals surface area contributed by atoms with Crippen LogP contribution in [-0.2, 0) is 0 Å². The number of para-hydroxylation sites is 1. The summed E-state index contributed by atoms with van der Waals surface area (Å²) in [4.78, 5) is 8.25. The quantitative estimate of drug-likeness (QED) is 0.385. The molecule has 7 heteroatoms. The van der Waals surface area contributed by atoms with E-state index in [-0.39, 0.29) is 4.84 Å². The fourth-order valence-corrected chi connectivity index (χ4v) is 3.06. The van der Waals surface area contributed by atoms with Crippen molar-refractivity contribution in [2.24, 2.45) is 0 Å². The van der Waals surface area contributed by atoms with Crippen LogP contribution in [0.4, 0.5) is 0 Å². The summed E-state index contributed by atoms with van der Waals surface area (Å²) in [5, 5.41) is 6.69. The minimum absolute atomic E-state index is 0.248. The van der Waals surface area contributed by atoms with Gasteiger partial charge in [0, 0.05) is 11.1 Å². The molecule has 2 heterocycles. The Balaban J connectivity index is 1.43. The van der Waals surface area contributed by atoms with Crippen LogP contribution in [0.3, 0.4) is 0 Å². The molecule has 28 heavy (non-hydrogen) atoms. The van der Waals surface area contributed by atoms with Crippen molar-refractivity contribution in [1.29, 1.82) is 0 Å². The number of imidazole rings is 1. The highest BCUT2D eigenvalue weighted by atomic mass is 32.1. The highest BCUT2D eigenvalue weighted by Crippen LogP contribution is 2.27. The van der Waals surface area contributed by atoms with Gasteiger partial charge < -0.3 is 14.1 Å². The molecule has 5 aromatic rings. The molecule has 2 aromatic heterocycles. The monoisotopic (exact) mass is 386 g/mol. The third-order valence-electron chi connectivity index (χ3n) is 4.27. The average Bonchev–Trinajstić information content (AvgIpc) is 3.35. The van der Waals surface area contributed by atoms with Gasteiger partial charge in [-0.2, -0.15) is 0 Å². The molecule has 0 saturated carbocycles. The summed E-state index contributed by atoms with van der Waals surface area (Å²) in [6.45, 7) is 0. The second-order valence-corrected chi connectivity index (χ2v) is 6.55. The number of aromatic amines is 2. The largest absolute Gasteiger partial charge is 0.457 e. The van der Waals surface area contributed by atoms with Crippen molar-refractivity contribution >= 4 is 23.3 Å². The standard InChI is InChI=1S/C21H14N4O2S/c28-21-25-24-20(27-21)14-8-11-17-18(12-14)23-19(22-17)13-6-9-16(10-7-13)26-15-4-2-1-3-5-15/h1-12H,(H,22,23)(H,25,28). The molecule has 0 aliphatic carbocycles. The zero-order valence-corrected chi connectivity index (χ0v) is 15.4. The van der Waals surface area contributed by atoms with Crippen molar-refractivity contribution in [2.75, 3.05) is 0 Å². The molecular weight excluding hydrogens is 372 g/mol. The van der Waals surface area contributed by atoms with Crippen LogP contribution in [0.5, 0.6) is 11.5 Å². The first kappa shape index (κ1) is 16.5. The molecule has 0 radical (unpaired) electrons. The fraction of sp³-hybridized carbons (Fsp3) is 0. The molecule has 0 fully saturated rings. The van der Waals surface area contributed by atoms with E-state index in [1.54, 1.807) is 0 Å². The van der Waals surface area contributed by atoms with Crippen LogP contribution in [0.25, 0.3) is 33.9 Å². The summed E-state index contributed by atoms with van der Waals surface area (Å²) in [7, 11) is 0. The van der Waals surface area contributed by atoms with E-state index in [0.29, 0.717) is 5.89 Å². The second kappa shape index (κ2) is 6.79. The molecule has 3 aromatic carbocycles. The van der Waals surface area contributed by atoms with Crippen LogP contribution in [-0.4, -0.2) is 20.2 Å². The predicted octanol–water partition coefficient (Wildman–Crippen LogP) is 5.73. The number of ether oxygens (including phenoxy) is 1. The molecule has 0 spiro atoms. The van der Waals surface area contributed by atoms with Gasteiger partial charge in [0.1, 0.15) is 17.3 Å². The SMILES string of the molecule is S=c1[nH]nc(-c2ccc3nc(-c4ccc(Oc5ccccc5)cc4)[nH]c3c2)o1. The van der Waals surface area contributed by atoms with Crippen LogP contribution in [0.2, 0.25) is 0 Å². The highest BCUT2D eigenvalue weighted by Gasteiger charge is 2.10. The van der Waals surface area contributed by atoms with Gasteiger partial charge in [-0.3, -0.25) is 0 Å². The average molecular weight is 386 g/mol. The van der Waals surface area contributed by atoms with E-state index in [9.17, 15) is 0 Å². The maximum atomic E-state index is 5.84. The van der Waals surface area contributed by atoms with Crippen LogP contribution < -0.4 is 4.74 Å². The Hall–Kier alpha value is -3.71. The van der Waals surface area contributed by atoms with Crippen molar-refractivity contribution in [3.05, 3.63) is 77.6 Å². The Bertz CT molecular complexity index is 1300. The lowest BCUT2D eigenvalue weighted by atomic mass is 10.2. The summed E-state index contributed by atoms with van der Waals surface area (Å²) < 4.78 is 11.2. The van der Waals surface area contributed by atoms with Crippen LogP contribution in [0, 0.1) is 4.84 Å². The van der Waals surface area contributed by atoms with Gasteiger partial charge >= 0.3 is 0 Å². The number of H-pyrrole nitrogens is 2. The summed E-state index contributed by atoms with van der Waals surface area (Å²) in [6.07, 6.45) is 0. The second-order valence-electron chi connectivity index (χ2n) is 6.18. The van der Waals surface area contributed by atoms with E-state index in [1.807, 2.05) is 72.8 Å². The van der Waals surface area contributed by atoms with Crippen LogP contribution >= 0.6 is 12.2 Å². The van der Waals surface area contributed by atoms with Gasteiger partial charge in [0.05, 0.1) is 11.0 Å². The lowest BCUT2D eigenvalue weighted by Gasteiger charge is -2.05. The molecule has 0 aliphatic rings. The number of benzene rings is 3. The Morgan fingerprint density at radius 1 is 0.857 bits per heavy atom. The Morgan fingerprint density at radius 2 is 1.61 bits per heavy atom. The highest BCUT2D eigenvalue weighted by molar-refractivity contribution is 7.71. The van der Waals surface area contributed by atoms with Crippen LogP contribution in [0.15, 0.2) is 77.2 Å². The number of nitrogens with one attached hydrogen (secondary N) is 2. The van der Waals surface area contributed by atoms with Gasteiger partial charge in [0.25, 0.3) is 4.84 Å². The van der Waals surface area contributed by atoms with Crippen molar-refractivity contribution in [2.45, 2.75) is 0 Å². The fourth-order valence-electron chi connectivity index (χ4n) is 2.94. The molecule has 0 aliphatic heterocycles. The number of hydrogen-bond acceptors (Lipinski definition) is 5. The third kappa shape index (κ3) is 3.19. The van der Waals surface area contributed by atoms with E-state index >= 15 is 0 Å². The van der Waals surface area contributed by atoms with Crippen molar-refractivity contribution in [1.82, 2.24) is 20.2 Å². The molecule has 0 saturated heterocycles. The van der Waals surface area contributed by atoms with E-state index in [1.165, 1.54) is 0 Å². The van der Waals surface area contributed by atoms with Crippen molar-refractivity contribution in [3.8, 4) is 34.3 Å². The number of aromatic nitrogens is 4. The third-order valence-corrected chi connectivity index (χ3v) is 4.45. The topological polar surface area (TPSA) is 79.7 Å². The Labute approximate surface area is 164 Å². The minimum Gasteiger partial charge on any atom is -0.457 e. The van der Waals surface area contributed by atoms with Gasteiger partial charge in [-0.1, -0.05) is 18.2 Å². The first-order valence-electron chi connectivity index (χ1n) is 8.64. The minimum atomic E-state index is 0.248. The Kier molecular flexibility index (Phi) is 3.99. The maximum Gasteiger partial charge on any atom is 0.284 e. The molecule has 0 amide bonds. The summed E-state index contributed by atoms with van der Waals surface area (Å²) in [5.74, 6) is 2.80.